The van der Waals surface area contributed by atoms with Crippen molar-refractivity contribution in [2.75, 3.05) is 39.5 Å². The minimum Gasteiger partial charge on any atom is -0.491 e. The van der Waals surface area contributed by atoms with Crippen LogP contribution in [0.5, 0.6) is 5.75 Å². The van der Waals surface area contributed by atoms with E-state index in [9.17, 15) is 22.8 Å². The normalized spacial score (nSPS) is 17.5. The number of benzene rings is 1. The van der Waals surface area contributed by atoms with Crippen molar-refractivity contribution < 1.29 is 38.4 Å². The fraction of sp³-hybridized carbons (Fsp3) is 0.524. The molecule has 1 aromatic rings. The zero-order valence-corrected chi connectivity index (χ0v) is 17.5. The number of alkyl halides is 2. The van der Waals surface area contributed by atoms with Crippen LogP contribution in [-0.2, 0) is 14.3 Å². The maximum absolute atomic E-state index is 13.9. The molecule has 0 aliphatic carbocycles. The van der Waals surface area contributed by atoms with Crippen LogP contribution in [0.4, 0.5) is 18.0 Å². The van der Waals surface area contributed by atoms with Crippen LogP contribution in [0.1, 0.15) is 26.8 Å². The highest BCUT2D eigenvalue weighted by molar-refractivity contribution is 5.87. The van der Waals surface area contributed by atoms with Crippen molar-refractivity contribution in [1.29, 1.82) is 0 Å². The zero-order valence-electron chi connectivity index (χ0n) is 17.5. The molecule has 1 unspecified atom stereocenters. The molecule has 1 saturated heterocycles. The van der Waals surface area contributed by atoms with Gasteiger partial charge in [0.05, 0.1) is 26.3 Å². The Labute approximate surface area is 180 Å². The predicted molar refractivity (Wildman–Crippen MR) is 109 cm³/mol. The molecule has 0 spiro atoms. The van der Waals surface area contributed by atoms with Crippen LogP contribution < -0.4 is 10.1 Å². The number of carbonyl (C=O) groups excluding carboxylic acids is 2. The number of likely N-dealkylation sites (tertiary alicyclic amines) is 1. The van der Waals surface area contributed by atoms with Gasteiger partial charge in [-0.25, -0.2) is 18.0 Å². The highest BCUT2D eigenvalue weighted by Gasteiger charge is 2.51. The van der Waals surface area contributed by atoms with Gasteiger partial charge >= 0.3 is 12.0 Å². The number of ether oxygens (including phenoxy) is 3. The third-order valence-corrected chi connectivity index (χ3v) is 4.59. The van der Waals surface area contributed by atoms with Gasteiger partial charge < -0.3 is 24.4 Å². The molecule has 1 aromatic carbocycles. The Kier molecular flexibility index (Phi) is 8.73. The Balaban J connectivity index is 0.00000512. The van der Waals surface area contributed by atoms with E-state index in [0.717, 1.165) is 16.5 Å². The van der Waals surface area contributed by atoms with Gasteiger partial charge in [-0.2, -0.15) is 0 Å². The summed E-state index contributed by atoms with van der Waals surface area (Å²) in [5.41, 5.74) is 0.878. The molecule has 0 radical (unpaired) electrons. The number of nitrogens with one attached hydrogen (secondary N) is 1. The summed E-state index contributed by atoms with van der Waals surface area (Å²) in [5.74, 6) is -3.77. The number of halogens is 3. The second kappa shape index (κ2) is 11.0. The van der Waals surface area contributed by atoms with Crippen LogP contribution in [0.2, 0.25) is 0 Å². The first-order valence-electron chi connectivity index (χ1n) is 9.87. The first kappa shape index (κ1) is 24.5. The minimum atomic E-state index is -3.34. The molecule has 1 aliphatic rings. The van der Waals surface area contributed by atoms with E-state index in [-0.39, 0.29) is 33.7 Å². The van der Waals surface area contributed by atoms with E-state index < -0.39 is 42.9 Å². The molecule has 2 amide bonds. The molecule has 0 bridgehead atoms. The molecule has 1 heterocycles. The van der Waals surface area contributed by atoms with Gasteiger partial charge in [0.25, 0.3) is 0 Å². The Morgan fingerprint density at radius 3 is 2.77 bits per heavy atom. The minimum absolute atomic E-state index is 0. The Hall–Kier alpha value is -2.75. The molecule has 174 valence electrons. The second-order valence-corrected chi connectivity index (χ2v) is 7.30. The van der Waals surface area contributed by atoms with E-state index in [0.29, 0.717) is 5.75 Å². The number of nitrogens with zero attached hydrogens (tertiary/aromatic N) is 1. The third-order valence-electron chi connectivity index (χ3n) is 4.59. The average molecular weight is 446 g/mol. The van der Waals surface area contributed by atoms with Crippen LogP contribution in [-0.4, -0.2) is 68.4 Å². The van der Waals surface area contributed by atoms with Gasteiger partial charge in [-0.05, 0) is 23.6 Å². The van der Waals surface area contributed by atoms with Gasteiger partial charge in [0, 0.05) is 14.0 Å². The van der Waals surface area contributed by atoms with Crippen LogP contribution in [0.25, 0.3) is 0 Å². The van der Waals surface area contributed by atoms with Crippen molar-refractivity contribution in [2.24, 2.45) is 0 Å². The summed E-state index contributed by atoms with van der Waals surface area (Å²) >= 11 is 0. The molecule has 7 nitrogen and oxygen atoms in total. The van der Waals surface area contributed by atoms with Crippen LogP contribution in [0.15, 0.2) is 30.9 Å². The smallest absolute Gasteiger partial charge is 0.407 e. The molecule has 0 saturated carbocycles. The third kappa shape index (κ3) is 7.16. The fourth-order valence-corrected chi connectivity index (χ4v) is 2.99. The van der Waals surface area contributed by atoms with Crippen molar-refractivity contribution in [3.63, 3.8) is 0 Å². The van der Waals surface area contributed by atoms with Gasteiger partial charge in [0.1, 0.15) is 18.2 Å². The number of alkyl carbamates (subject to hydrolysis) is 1. The van der Waals surface area contributed by atoms with Gasteiger partial charge in [0.15, 0.2) is 6.10 Å². The standard InChI is InChI=1S/C21H27F3N2O5.H2/c1-4-19(27)26-12-18(21(23,24)13-26)31-20(28)25-7-8-29-9-10-30-17-11-15(22)5-6-16(17)14(2)3;/h4-6,11,14,18H,1,7-10,12-13H2,2-3H3,(H,25,28);1H. The summed E-state index contributed by atoms with van der Waals surface area (Å²) in [7, 11) is 0. The van der Waals surface area contributed by atoms with E-state index in [1.807, 2.05) is 13.8 Å². The van der Waals surface area contributed by atoms with Crippen molar-refractivity contribution in [3.05, 3.63) is 42.2 Å². The fourth-order valence-electron chi connectivity index (χ4n) is 2.99. The molecule has 1 fully saturated rings. The number of hydrogen-bond donors (Lipinski definition) is 1. The molecule has 2 rings (SSSR count). The van der Waals surface area contributed by atoms with E-state index in [1.165, 1.54) is 12.1 Å². The van der Waals surface area contributed by atoms with E-state index in [4.69, 9.17) is 14.2 Å². The maximum atomic E-state index is 13.9. The number of amides is 2. The quantitative estimate of drug-likeness (QED) is 0.441. The van der Waals surface area contributed by atoms with Crippen molar-refractivity contribution >= 4 is 12.0 Å². The molecule has 1 N–H and O–H groups in total. The maximum Gasteiger partial charge on any atom is 0.407 e. The van der Waals surface area contributed by atoms with E-state index in [1.54, 1.807) is 6.07 Å². The second-order valence-electron chi connectivity index (χ2n) is 7.30. The molecular formula is C21H29F3N2O5. The lowest BCUT2D eigenvalue weighted by molar-refractivity contribution is -0.126. The Morgan fingerprint density at radius 2 is 2.10 bits per heavy atom. The van der Waals surface area contributed by atoms with Crippen LogP contribution >= 0.6 is 0 Å². The zero-order chi connectivity index (χ0) is 23.0. The van der Waals surface area contributed by atoms with Gasteiger partial charge in [-0.15, -0.1) is 0 Å². The highest BCUT2D eigenvalue weighted by atomic mass is 19.3. The number of carbonyl (C=O) groups is 2. The lowest BCUT2D eigenvalue weighted by atomic mass is 10.0. The molecular weight excluding hydrogens is 417 g/mol. The largest absolute Gasteiger partial charge is 0.491 e. The van der Waals surface area contributed by atoms with Crippen LogP contribution in [0, 0.1) is 5.82 Å². The summed E-state index contributed by atoms with van der Waals surface area (Å²) in [5, 5.41) is 2.31. The van der Waals surface area contributed by atoms with Gasteiger partial charge in [-0.1, -0.05) is 26.5 Å². The summed E-state index contributed by atoms with van der Waals surface area (Å²) in [6.45, 7) is 6.44. The highest BCUT2D eigenvalue weighted by Crippen LogP contribution is 2.30. The monoisotopic (exact) mass is 446 g/mol. The summed E-state index contributed by atoms with van der Waals surface area (Å²) in [6.07, 6.45) is -1.83. The van der Waals surface area contributed by atoms with E-state index in [2.05, 4.69) is 11.9 Å². The summed E-state index contributed by atoms with van der Waals surface area (Å²) < 4.78 is 56.8. The van der Waals surface area contributed by atoms with Crippen molar-refractivity contribution in [2.45, 2.75) is 31.8 Å². The van der Waals surface area contributed by atoms with Crippen LogP contribution in [0.3, 0.4) is 0 Å². The molecule has 31 heavy (non-hydrogen) atoms. The molecule has 1 aliphatic heterocycles. The first-order valence-corrected chi connectivity index (χ1v) is 9.87. The van der Waals surface area contributed by atoms with Gasteiger partial charge in [-0.3, -0.25) is 4.79 Å². The Morgan fingerprint density at radius 1 is 1.35 bits per heavy atom. The summed E-state index contributed by atoms with van der Waals surface area (Å²) in [4.78, 5) is 24.1. The van der Waals surface area contributed by atoms with Gasteiger partial charge in [0.2, 0.25) is 5.91 Å². The predicted octanol–water partition coefficient (Wildman–Crippen LogP) is 3.35. The number of hydrogen-bond acceptors (Lipinski definition) is 5. The topological polar surface area (TPSA) is 77.1 Å². The summed E-state index contributed by atoms with van der Waals surface area (Å²) in [6, 6.07) is 4.36. The van der Waals surface area contributed by atoms with Crippen molar-refractivity contribution in [1.82, 2.24) is 10.2 Å². The molecule has 10 heteroatoms. The average Bonchev–Trinajstić information content (AvgIpc) is 3.00. The molecule has 1 atom stereocenters. The van der Waals surface area contributed by atoms with E-state index >= 15 is 0 Å². The SMILES string of the molecule is C=CC(=O)N1CC(OC(=O)NCCOCCOc2cc(F)ccc2C(C)C)C(F)(F)C1.[HH]. The lowest BCUT2D eigenvalue weighted by Gasteiger charge is -2.18. The molecule has 0 aromatic heterocycles. The Bertz CT molecular complexity index is 795. The first-order chi connectivity index (χ1) is 14.6. The van der Waals surface area contributed by atoms with Crippen molar-refractivity contribution in [3.8, 4) is 5.75 Å². The number of rotatable bonds is 10. The lowest BCUT2D eigenvalue weighted by Crippen LogP contribution is -2.39.